The summed E-state index contributed by atoms with van der Waals surface area (Å²) < 4.78 is 5.19. The second-order valence-corrected chi connectivity index (χ2v) is 4.66. The first-order chi connectivity index (χ1) is 6.43. The molecule has 1 unspecified atom stereocenters. The fraction of sp³-hybridized carbons (Fsp3) is 0.800. The van der Waals surface area contributed by atoms with Crippen LogP contribution < -0.4 is 5.32 Å². The third kappa shape index (κ3) is 2.80. The van der Waals surface area contributed by atoms with Crippen molar-refractivity contribution in [3.05, 3.63) is 11.7 Å². The van der Waals surface area contributed by atoms with Crippen LogP contribution >= 0.6 is 0 Å². The molecule has 0 aromatic carbocycles. The molecule has 4 heteroatoms. The minimum absolute atomic E-state index is 0.0614. The van der Waals surface area contributed by atoms with Gasteiger partial charge in [0.25, 0.3) is 0 Å². The van der Waals surface area contributed by atoms with Crippen molar-refractivity contribution in [2.24, 2.45) is 0 Å². The Bertz CT molecular complexity index is 288. The lowest BCUT2D eigenvalue weighted by molar-refractivity contribution is 0.317. The van der Waals surface area contributed by atoms with Crippen molar-refractivity contribution < 1.29 is 4.52 Å². The fourth-order valence-corrected chi connectivity index (χ4v) is 1.02. The Hall–Kier alpha value is -0.900. The molecule has 0 aliphatic rings. The van der Waals surface area contributed by atoms with E-state index in [0.29, 0.717) is 11.9 Å². The zero-order valence-electron chi connectivity index (χ0n) is 9.59. The molecular formula is C10H19N3O. The number of nitrogens with one attached hydrogen (secondary N) is 1. The molecule has 4 nitrogen and oxygen atoms in total. The first-order valence-electron chi connectivity index (χ1n) is 4.94. The van der Waals surface area contributed by atoms with Crippen molar-refractivity contribution in [3.8, 4) is 0 Å². The zero-order chi connectivity index (χ0) is 10.8. The Morgan fingerprint density at radius 3 is 2.50 bits per heavy atom. The fourth-order valence-electron chi connectivity index (χ4n) is 1.02. The van der Waals surface area contributed by atoms with Gasteiger partial charge in [0, 0.05) is 17.9 Å². The van der Waals surface area contributed by atoms with E-state index in [1.807, 2.05) is 7.05 Å². The summed E-state index contributed by atoms with van der Waals surface area (Å²) in [4.78, 5) is 4.35. The van der Waals surface area contributed by atoms with Crippen LogP contribution in [0.25, 0.3) is 0 Å². The molecule has 0 spiro atoms. The lowest BCUT2D eigenvalue weighted by Crippen LogP contribution is -2.24. The summed E-state index contributed by atoms with van der Waals surface area (Å²) in [6.45, 7) is 8.27. The van der Waals surface area contributed by atoms with Gasteiger partial charge in [-0.2, -0.15) is 4.98 Å². The van der Waals surface area contributed by atoms with Gasteiger partial charge in [-0.1, -0.05) is 25.9 Å². The molecule has 0 saturated carbocycles. The van der Waals surface area contributed by atoms with Gasteiger partial charge >= 0.3 is 0 Å². The molecule has 0 aliphatic heterocycles. The average Bonchev–Trinajstić information content (AvgIpc) is 2.51. The quantitative estimate of drug-likeness (QED) is 0.798. The zero-order valence-corrected chi connectivity index (χ0v) is 9.59. The van der Waals surface area contributed by atoms with Crippen LogP contribution in [0.15, 0.2) is 4.52 Å². The number of hydrogen-bond acceptors (Lipinski definition) is 4. The van der Waals surface area contributed by atoms with Crippen LogP contribution in [0, 0.1) is 0 Å². The average molecular weight is 197 g/mol. The highest BCUT2D eigenvalue weighted by molar-refractivity contribution is 4.99. The molecule has 1 heterocycles. The van der Waals surface area contributed by atoms with Gasteiger partial charge in [0.2, 0.25) is 5.89 Å². The predicted molar refractivity (Wildman–Crippen MR) is 55.2 cm³/mol. The molecule has 0 radical (unpaired) electrons. The standard InChI is InChI=1S/C10H19N3O/c1-7(11-5)6-8-12-9(14-13-8)10(2,3)4/h7,11H,6H2,1-5H3. The van der Waals surface area contributed by atoms with Crippen molar-refractivity contribution in [3.63, 3.8) is 0 Å². The maximum atomic E-state index is 5.19. The van der Waals surface area contributed by atoms with Gasteiger partial charge in [0.05, 0.1) is 0 Å². The number of likely N-dealkylation sites (N-methyl/N-ethyl adjacent to an activating group) is 1. The molecule has 1 N–H and O–H groups in total. The van der Waals surface area contributed by atoms with Gasteiger partial charge < -0.3 is 9.84 Å². The maximum Gasteiger partial charge on any atom is 0.232 e. The SMILES string of the molecule is CNC(C)Cc1noc(C(C)(C)C)n1. The maximum absolute atomic E-state index is 5.19. The number of hydrogen-bond donors (Lipinski definition) is 1. The Labute approximate surface area is 85.1 Å². The molecule has 0 fully saturated rings. The first kappa shape index (κ1) is 11.2. The summed E-state index contributed by atoms with van der Waals surface area (Å²) >= 11 is 0. The molecule has 1 aromatic rings. The van der Waals surface area contributed by atoms with Crippen LogP contribution in [0.1, 0.15) is 39.4 Å². The highest BCUT2D eigenvalue weighted by Gasteiger charge is 2.21. The molecule has 80 valence electrons. The Morgan fingerprint density at radius 2 is 2.07 bits per heavy atom. The number of nitrogens with zero attached hydrogens (tertiary/aromatic N) is 2. The van der Waals surface area contributed by atoms with Gasteiger partial charge in [-0.05, 0) is 14.0 Å². The van der Waals surface area contributed by atoms with E-state index in [4.69, 9.17) is 4.52 Å². The Kier molecular flexibility index (Phi) is 3.26. The van der Waals surface area contributed by atoms with Crippen molar-refractivity contribution >= 4 is 0 Å². The van der Waals surface area contributed by atoms with Crippen molar-refractivity contribution in [2.75, 3.05) is 7.05 Å². The monoisotopic (exact) mass is 197 g/mol. The van der Waals surface area contributed by atoms with Crippen molar-refractivity contribution in [1.29, 1.82) is 0 Å². The van der Waals surface area contributed by atoms with Crippen LogP contribution in [0.4, 0.5) is 0 Å². The Morgan fingerprint density at radius 1 is 1.43 bits per heavy atom. The van der Waals surface area contributed by atoms with Gasteiger partial charge in [-0.3, -0.25) is 0 Å². The Balaban J connectivity index is 2.69. The molecule has 14 heavy (non-hydrogen) atoms. The molecule has 1 rings (SSSR count). The van der Waals surface area contributed by atoms with Crippen LogP contribution in [0.3, 0.4) is 0 Å². The van der Waals surface area contributed by atoms with Crippen molar-refractivity contribution in [1.82, 2.24) is 15.5 Å². The van der Waals surface area contributed by atoms with E-state index in [0.717, 1.165) is 12.2 Å². The number of rotatable bonds is 3. The lowest BCUT2D eigenvalue weighted by Gasteiger charge is -2.10. The second-order valence-electron chi connectivity index (χ2n) is 4.66. The molecule has 0 saturated heterocycles. The van der Waals surface area contributed by atoms with E-state index < -0.39 is 0 Å². The van der Waals surface area contributed by atoms with E-state index in [-0.39, 0.29) is 5.41 Å². The normalized spacial score (nSPS) is 14.4. The molecular weight excluding hydrogens is 178 g/mol. The highest BCUT2D eigenvalue weighted by atomic mass is 16.5. The summed E-state index contributed by atoms with van der Waals surface area (Å²) in [5, 5.41) is 7.08. The molecule has 1 aromatic heterocycles. The van der Waals surface area contributed by atoms with E-state index in [9.17, 15) is 0 Å². The van der Waals surface area contributed by atoms with Gasteiger partial charge in [-0.25, -0.2) is 0 Å². The topological polar surface area (TPSA) is 51.0 Å². The van der Waals surface area contributed by atoms with Crippen LogP contribution in [-0.4, -0.2) is 23.2 Å². The molecule has 1 atom stereocenters. The second kappa shape index (κ2) is 4.09. The first-order valence-corrected chi connectivity index (χ1v) is 4.94. The van der Waals surface area contributed by atoms with Crippen LogP contribution in [-0.2, 0) is 11.8 Å². The third-order valence-corrected chi connectivity index (χ3v) is 2.09. The summed E-state index contributed by atoms with van der Waals surface area (Å²) in [5.41, 5.74) is -0.0614. The van der Waals surface area contributed by atoms with Gasteiger partial charge in [-0.15, -0.1) is 0 Å². The lowest BCUT2D eigenvalue weighted by atomic mass is 9.97. The molecule has 0 amide bonds. The van der Waals surface area contributed by atoms with E-state index in [2.05, 4.69) is 43.2 Å². The highest BCUT2D eigenvalue weighted by Crippen LogP contribution is 2.19. The summed E-state index contributed by atoms with van der Waals surface area (Å²) in [6.07, 6.45) is 0.802. The molecule has 0 bridgehead atoms. The van der Waals surface area contributed by atoms with E-state index >= 15 is 0 Å². The summed E-state index contributed by atoms with van der Waals surface area (Å²) in [7, 11) is 1.93. The number of aromatic nitrogens is 2. The summed E-state index contributed by atoms with van der Waals surface area (Å²) in [5.74, 6) is 1.48. The third-order valence-electron chi connectivity index (χ3n) is 2.09. The largest absolute Gasteiger partial charge is 0.339 e. The van der Waals surface area contributed by atoms with Crippen molar-refractivity contribution in [2.45, 2.75) is 45.6 Å². The van der Waals surface area contributed by atoms with Crippen LogP contribution in [0.2, 0.25) is 0 Å². The van der Waals surface area contributed by atoms with Crippen LogP contribution in [0.5, 0.6) is 0 Å². The smallest absolute Gasteiger partial charge is 0.232 e. The minimum atomic E-state index is -0.0614. The molecule has 0 aliphatic carbocycles. The van der Waals surface area contributed by atoms with E-state index in [1.165, 1.54) is 0 Å². The predicted octanol–water partition coefficient (Wildman–Crippen LogP) is 1.52. The van der Waals surface area contributed by atoms with Gasteiger partial charge in [0.1, 0.15) is 0 Å². The van der Waals surface area contributed by atoms with E-state index in [1.54, 1.807) is 0 Å². The minimum Gasteiger partial charge on any atom is -0.339 e. The van der Waals surface area contributed by atoms with Gasteiger partial charge in [0.15, 0.2) is 5.82 Å². The summed E-state index contributed by atoms with van der Waals surface area (Å²) in [6, 6.07) is 0.375.